The molecule has 0 spiro atoms. The molecular weight excluding hydrogens is 290 g/mol. The summed E-state index contributed by atoms with van der Waals surface area (Å²) in [5.41, 5.74) is 2.10. The van der Waals surface area contributed by atoms with Crippen molar-refractivity contribution in [3.8, 4) is 0 Å². The molecule has 3 rings (SSSR count). The van der Waals surface area contributed by atoms with Crippen molar-refractivity contribution < 1.29 is 13.9 Å². The van der Waals surface area contributed by atoms with Gasteiger partial charge < -0.3 is 14.5 Å². The number of hydrogen-bond donors (Lipinski definition) is 1. The van der Waals surface area contributed by atoms with Crippen molar-refractivity contribution in [2.75, 3.05) is 19.8 Å². The first kappa shape index (κ1) is 15.6. The molecule has 0 unspecified atom stereocenters. The summed E-state index contributed by atoms with van der Waals surface area (Å²) in [6, 6.07) is 12.2. The van der Waals surface area contributed by atoms with Gasteiger partial charge in [-0.3, -0.25) is 4.79 Å². The summed E-state index contributed by atoms with van der Waals surface area (Å²) in [7, 11) is 0. The molecule has 1 N–H and O–H groups in total. The van der Waals surface area contributed by atoms with Crippen molar-refractivity contribution in [2.45, 2.75) is 18.3 Å². The van der Waals surface area contributed by atoms with Gasteiger partial charge in [-0.1, -0.05) is 30.3 Å². The SMILES string of the molecule is O=C(/C=C/c1ccoc1)NCC1(c2ccccc2)CCOCC1. The molecule has 1 saturated heterocycles. The maximum atomic E-state index is 12.1. The van der Waals surface area contributed by atoms with Crippen molar-refractivity contribution in [1.82, 2.24) is 5.32 Å². The molecule has 0 radical (unpaired) electrons. The lowest BCUT2D eigenvalue weighted by atomic mass is 9.74. The highest BCUT2D eigenvalue weighted by atomic mass is 16.5. The van der Waals surface area contributed by atoms with Crippen LogP contribution in [0, 0.1) is 0 Å². The van der Waals surface area contributed by atoms with E-state index < -0.39 is 0 Å². The summed E-state index contributed by atoms with van der Waals surface area (Å²) >= 11 is 0. The van der Waals surface area contributed by atoms with E-state index in [0.717, 1.165) is 31.6 Å². The van der Waals surface area contributed by atoms with E-state index in [2.05, 4.69) is 17.4 Å². The molecule has 120 valence electrons. The second kappa shape index (κ2) is 7.29. The lowest BCUT2D eigenvalue weighted by Gasteiger charge is -2.37. The zero-order chi connectivity index (χ0) is 16.0. The lowest BCUT2D eigenvalue weighted by Crippen LogP contribution is -2.44. The van der Waals surface area contributed by atoms with Gasteiger partial charge in [-0.25, -0.2) is 0 Å². The van der Waals surface area contributed by atoms with E-state index in [0.29, 0.717) is 6.54 Å². The van der Waals surface area contributed by atoms with Gasteiger partial charge in [0, 0.05) is 36.8 Å². The van der Waals surface area contributed by atoms with Gasteiger partial charge in [0.2, 0.25) is 5.91 Å². The van der Waals surface area contributed by atoms with E-state index in [1.165, 1.54) is 5.56 Å². The normalized spacial score (nSPS) is 17.2. The van der Waals surface area contributed by atoms with Gasteiger partial charge in [-0.15, -0.1) is 0 Å². The quantitative estimate of drug-likeness (QED) is 0.863. The van der Waals surface area contributed by atoms with Crippen LogP contribution in [-0.4, -0.2) is 25.7 Å². The highest BCUT2D eigenvalue weighted by molar-refractivity contribution is 5.91. The van der Waals surface area contributed by atoms with Crippen molar-refractivity contribution in [2.24, 2.45) is 0 Å². The summed E-state index contributed by atoms with van der Waals surface area (Å²) in [6.07, 6.45) is 8.32. The average molecular weight is 311 g/mol. The van der Waals surface area contributed by atoms with Crippen molar-refractivity contribution in [3.05, 3.63) is 66.1 Å². The Morgan fingerprint density at radius 3 is 2.65 bits per heavy atom. The van der Waals surface area contributed by atoms with Crippen LogP contribution in [0.15, 0.2) is 59.4 Å². The zero-order valence-electron chi connectivity index (χ0n) is 13.0. The van der Waals surface area contributed by atoms with E-state index >= 15 is 0 Å². The molecule has 0 bridgehead atoms. The van der Waals surface area contributed by atoms with E-state index in [1.807, 2.05) is 24.3 Å². The number of carbonyl (C=O) groups excluding carboxylic acids is 1. The summed E-state index contributed by atoms with van der Waals surface area (Å²) in [5.74, 6) is -0.0898. The topological polar surface area (TPSA) is 51.5 Å². The van der Waals surface area contributed by atoms with E-state index in [9.17, 15) is 4.79 Å². The molecule has 0 saturated carbocycles. The largest absolute Gasteiger partial charge is 0.472 e. The Labute approximate surface area is 136 Å². The third-order valence-corrected chi connectivity index (χ3v) is 4.41. The number of carbonyl (C=O) groups is 1. The third-order valence-electron chi connectivity index (χ3n) is 4.41. The number of amides is 1. The number of benzene rings is 1. The minimum atomic E-state index is -0.0898. The zero-order valence-corrected chi connectivity index (χ0v) is 13.0. The fraction of sp³-hybridized carbons (Fsp3) is 0.316. The number of nitrogens with one attached hydrogen (secondary N) is 1. The standard InChI is InChI=1S/C19H21NO3/c21-18(7-6-16-8-11-23-14-16)20-15-19(9-12-22-13-10-19)17-4-2-1-3-5-17/h1-8,11,14H,9-10,12-13,15H2,(H,20,21)/b7-6+. The van der Waals surface area contributed by atoms with Crippen LogP contribution in [0.3, 0.4) is 0 Å². The smallest absolute Gasteiger partial charge is 0.244 e. The monoisotopic (exact) mass is 311 g/mol. The number of hydrogen-bond acceptors (Lipinski definition) is 3. The number of rotatable bonds is 5. The molecular formula is C19H21NO3. The van der Waals surface area contributed by atoms with Gasteiger partial charge in [-0.2, -0.15) is 0 Å². The number of ether oxygens (including phenoxy) is 1. The Morgan fingerprint density at radius 2 is 1.96 bits per heavy atom. The molecule has 1 aromatic carbocycles. The molecule has 1 amide bonds. The average Bonchev–Trinajstić information content (AvgIpc) is 3.13. The highest BCUT2D eigenvalue weighted by Gasteiger charge is 2.34. The van der Waals surface area contributed by atoms with Crippen LogP contribution in [-0.2, 0) is 14.9 Å². The summed E-state index contributed by atoms with van der Waals surface area (Å²) in [6.45, 7) is 2.08. The predicted molar refractivity (Wildman–Crippen MR) is 88.9 cm³/mol. The molecule has 4 nitrogen and oxygen atoms in total. The molecule has 2 heterocycles. The lowest BCUT2D eigenvalue weighted by molar-refractivity contribution is -0.116. The predicted octanol–water partition coefficient (Wildman–Crippen LogP) is 3.16. The summed E-state index contributed by atoms with van der Waals surface area (Å²) in [5, 5.41) is 3.04. The minimum Gasteiger partial charge on any atom is -0.472 e. The van der Waals surface area contributed by atoms with Crippen LogP contribution in [0.2, 0.25) is 0 Å². The Bertz CT molecular complexity index is 641. The summed E-state index contributed by atoms with van der Waals surface area (Å²) in [4.78, 5) is 12.1. The van der Waals surface area contributed by atoms with Gasteiger partial charge in [0.25, 0.3) is 0 Å². The van der Waals surface area contributed by atoms with Crippen LogP contribution in [0.5, 0.6) is 0 Å². The Kier molecular flexibility index (Phi) is 4.93. The van der Waals surface area contributed by atoms with E-state index in [4.69, 9.17) is 9.15 Å². The van der Waals surface area contributed by atoms with Gasteiger partial charge in [0.1, 0.15) is 0 Å². The molecule has 1 aliphatic rings. The minimum absolute atomic E-state index is 0.0430. The second-order valence-corrected chi connectivity index (χ2v) is 5.87. The van der Waals surface area contributed by atoms with Gasteiger partial charge >= 0.3 is 0 Å². The molecule has 1 fully saturated rings. The van der Waals surface area contributed by atoms with Gasteiger partial charge in [0.15, 0.2) is 0 Å². The van der Waals surface area contributed by atoms with Crippen molar-refractivity contribution in [1.29, 1.82) is 0 Å². The Balaban J connectivity index is 1.66. The van der Waals surface area contributed by atoms with E-state index in [1.54, 1.807) is 24.7 Å². The molecule has 4 heteroatoms. The van der Waals surface area contributed by atoms with Crippen LogP contribution in [0.25, 0.3) is 6.08 Å². The van der Waals surface area contributed by atoms with Crippen molar-refractivity contribution in [3.63, 3.8) is 0 Å². The summed E-state index contributed by atoms with van der Waals surface area (Å²) < 4.78 is 10.5. The van der Waals surface area contributed by atoms with Gasteiger partial charge in [0.05, 0.1) is 12.5 Å². The Morgan fingerprint density at radius 1 is 1.17 bits per heavy atom. The second-order valence-electron chi connectivity index (χ2n) is 5.87. The van der Waals surface area contributed by atoms with Crippen LogP contribution in [0.4, 0.5) is 0 Å². The third kappa shape index (κ3) is 3.90. The first-order valence-corrected chi connectivity index (χ1v) is 7.90. The van der Waals surface area contributed by atoms with Crippen molar-refractivity contribution >= 4 is 12.0 Å². The first-order valence-electron chi connectivity index (χ1n) is 7.90. The molecule has 0 atom stereocenters. The van der Waals surface area contributed by atoms with Crippen LogP contribution >= 0.6 is 0 Å². The molecule has 23 heavy (non-hydrogen) atoms. The van der Waals surface area contributed by atoms with Crippen LogP contribution in [0.1, 0.15) is 24.0 Å². The fourth-order valence-corrected chi connectivity index (χ4v) is 2.98. The fourth-order valence-electron chi connectivity index (χ4n) is 2.98. The molecule has 0 aliphatic carbocycles. The van der Waals surface area contributed by atoms with Crippen LogP contribution < -0.4 is 5.32 Å². The Hall–Kier alpha value is -2.33. The van der Waals surface area contributed by atoms with E-state index in [-0.39, 0.29) is 11.3 Å². The first-order chi connectivity index (χ1) is 11.3. The molecule has 2 aromatic rings. The highest BCUT2D eigenvalue weighted by Crippen LogP contribution is 2.34. The number of furan rings is 1. The maximum absolute atomic E-state index is 12.1. The van der Waals surface area contributed by atoms with Gasteiger partial charge in [-0.05, 0) is 30.5 Å². The molecule has 1 aromatic heterocycles. The molecule has 1 aliphatic heterocycles. The maximum Gasteiger partial charge on any atom is 0.244 e.